The third-order valence-electron chi connectivity index (χ3n) is 4.70. The first-order chi connectivity index (χ1) is 15.0. The monoisotopic (exact) mass is 435 g/mol. The molecule has 0 saturated carbocycles. The van der Waals surface area contributed by atoms with Crippen LogP contribution < -0.4 is 4.74 Å². The van der Waals surface area contributed by atoms with Crippen molar-refractivity contribution < 1.29 is 9.15 Å². The van der Waals surface area contributed by atoms with Gasteiger partial charge < -0.3 is 13.7 Å². The molecule has 0 fully saturated rings. The Bertz CT molecular complexity index is 1120. The second-order valence-corrected chi connectivity index (χ2v) is 8.92. The first-order valence-corrected chi connectivity index (χ1v) is 11.1. The maximum atomic E-state index is 5.93. The van der Waals surface area contributed by atoms with E-state index in [1.54, 1.807) is 18.9 Å². The first kappa shape index (κ1) is 21.1. The summed E-state index contributed by atoms with van der Waals surface area (Å²) in [6, 6.07) is 17.6. The molecule has 8 heteroatoms. The fourth-order valence-electron chi connectivity index (χ4n) is 3.16. The molecule has 0 bridgehead atoms. The van der Waals surface area contributed by atoms with Crippen LogP contribution in [0.5, 0.6) is 5.75 Å². The van der Waals surface area contributed by atoms with Crippen LogP contribution in [-0.4, -0.2) is 32.1 Å². The van der Waals surface area contributed by atoms with Crippen LogP contribution >= 0.6 is 11.8 Å². The van der Waals surface area contributed by atoms with E-state index in [1.165, 1.54) is 0 Å². The molecule has 4 aromatic rings. The molecule has 0 aliphatic carbocycles. The minimum Gasteiger partial charge on any atom is -0.497 e. The summed E-state index contributed by atoms with van der Waals surface area (Å²) < 4.78 is 13.4. The number of hydrogen-bond donors (Lipinski definition) is 0. The molecule has 2 aromatic carbocycles. The Kier molecular flexibility index (Phi) is 6.36. The standard InChI is InChI=1S/C23H25N5O2S/c1-15(2)14-28-20(17-10-12-19(29-4)13-11-17)24-27-23(28)31-16(3)21-25-26-22(30-21)18-8-6-5-7-9-18/h5-13,15-16H,14H2,1-4H3/t16-/m1/s1. The van der Waals surface area contributed by atoms with Gasteiger partial charge in [0.25, 0.3) is 0 Å². The Hall–Kier alpha value is -3.13. The molecular weight excluding hydrogens is 410 g/mol. The zero-order valence-electron chi connectivity index (χ0n) is 18.0. The summed E-state index contributed by atoms with van der Waals surface area (Å²) in [7, 11) is 1.66. The minimum atomic E-state index is -0.0659. The lowest BCUT2D eigenvalue weighted by molar-refractivity contribution is 0.415. The lowest BCUT2D eigenvalue weighted by Crippen LogP contribution is -2.08. The second-order valence-electron chi connectivity index (χ2n) is 7.61. The van der Waals surface area contributed by atoms with Crippen LogP contribution in [0.3, 0.4) is 0 Å². The fourth-order valence-corrected chi connectivity index (χ4v) is 4.05. The molecule has 1 atom stereocenters. The number of thioether (sulfide) groups is 1. The minimum absolute atomic E-state index is 0.0659. The second kappa shape index (κ2) is 9.34. The van der Waals surface area contributed by atoms with Gasteiger partial charge in [0.2, 0.25) is 11.8 Å². The van der Waals surface area contributed by atoms with E-state index in [0.29, 0.717) is 17.7 Å². The number of benzene rings is 2. The van der Waals surface area contributed by atoms with Gasteiger partial charge in [-0.15, -0.1) is 20.4 Å². The van der Waals surface area contributed by atoms with E-state index in [1.807, 2.05) is 61.5 Å². The molecule has 31 heavy (non-hydrogen) atoms. The summed E-state index contributed by atoms with van der Waals surface area (Å²) >= 11 is 1.57. The number of rotatable bonds is 8. The zero-order valence-corrected chi connectivity index (χ0v) is 18.8. The lowest BCUT2D eigenvalue weighted by atomic mass is 10.2. The van der Waals surface area contributed by atoms with Gasteiger partial charge in [-0.05, 0) is 49.2 Å². The summed E-state index contributed by atoms with van der Waals surface area (Å²) in [6.07, 6.45) is 0. The van der Waals surface area contributed by atoms with Crippen molar-refractivity contribution in [1.29, 1.82) is 0 Å². The molecule has 4 rings (SSSR count). The summed E-state index contributed by atoms with van der Waals surface area (Å²) in [6.45, 7) is 7.20. The molecule has 160 valence electrons. The predicted octanol–water partition coefficient (Wildman–Crippen LogP) is 5.51. The Labute approximate surface area is 185 Å². The van der Waals surface area contributed by atoms with Crippen molar-refractivity contribution >= 4 is 11.8 Å². The van der Waals surface area contributed by atoms with E-state index in [2.05, 4.69) is 38.8 Å². The van der Waals surface area contributed by atoms with Gasteiger partial charge in [0.1, 0.15) is 5.75 Å². The average molecular weight is 436 g/mol. The zero-order chi connectivity index (χ0) is 21.8. The fraction of sp³-hybridized carbons (Fsp3) is 0.304. The summed E-state index contributed by atoms with van der Waals surface area (Å²) in [5.41, 5.74) is 1.90. The van der Waals surface area contributed by atoms with Crippen LogP contribution in [0.4, 0.5) is 0 Å². The van der Waals surface area contributed by atoms with Crippen molar-refractivity contribution in [3.8, 4) is 28.6 Å². The predicted molar refractivity (Wildman–Crippen MR) is 121 cm³/mol. The van der Waals surface area contributed by atoms with Gasteiger partial charge >= 0.3 is 0 Å². The highest BCUT2D eigenvalue weighted by Crippen LogP contribution is 2.36. The number of nitrogens with zero attached hydrogens (tertiary/aromatic N) is 5. The lowest BCUT2D eigenvalue weighted by Gasteiger charge is -2.14. The molecular formula is C23H25N5O2S. The van der Waals surface area contributed by atoms with Gasteiger partial charge in [0, 0.05) is 17.7 Å². The summed E-state index contributed by atoms with van der Waals surface area (Å²) in [4.78, 5) is 0. The highest BCUT2D eigenvalue weighted by molar-refractivity contribution is 7.99. The van der Waals surface area contributed by atoms with E-state index in [-0.39, 0.29) is 5.25 Å². The Balaban J connectivity index is 1.59. The highest BCUT2D eigenvalue weighted by atomic mass is 32.2. The van der Waals surface area contributed by atoms with Crippen molar-refractivity contribution in [2.75, 3.05) is 7.11 Å². The van der Waals surface area contributed by atoms with Gasteiger partial charge in [-0.2, -0.15) is 0 Å². The van der Waals surface area contributed by atoms with Crippen molar-refractivity contribution in [2.45, 2.75) is 37.7 Å². The van der Waals surface area contributed by atoms with Crippen molar-refractivity contribution in [3.05, 3.63) is 60.5 Å². The Morgan fingerprint density at radius 3 is 2.32 bits per heavy atom. The van der Waals surface area contributed by atoms with Crippen LogP contribution in [0.15, 0.2) is 64.2 Å². The Morgan fingerprint density at radius 2 is 1.65 bits per heavy atom. The highest BCUT2D eigenvalue weighted by Gasteiger charge is 2.22. The van der Waals surface area contributed by atoms with Gasteiger partial charge in [-0.25, -0.2) is 0 Å². The molecule has 0 aliphatic rings. The molecule has 0 saturated heterocycles. The smallest absolute Gasteiger partial charge is 0.247 e. The van der Waals surface area contributed by atoms with Gasteiger partial charge in [-0.3, -0.25) is 0 Å². The van der Waals surface area contributed by atoms with Crippen LogP contribution in [0.25, 0.3) is 22.8 Å². The SMILES string of the molecule is COc1ccc(-c2nnc(S[C@H](C)c3nnc(-c4ccccc4)o3)n2CC(C)C)cc1. The van der Waals surface area contributed by atoms with Gasteiger partial charge in [0.15, 0.2) is 11.0 Å². The number of aromatic nitrogens is 5. The summed E-state index contributed by atoms with van der Waals surface area (Å²) in [5.74, 6) is 3.17. The number of methoxy groups -OCH3 is 1. The van der Waals surface area contributed by atoms with E-state index < -0.39 is 0 Å². The maximum absolute atomic E-state index is 5.93. The maximum Gasteiger partial charge on any atom is 0.247 e. The van der Waals surface area contributed by atoms with E-state index >= 15 is 0 Å². The first-order valence-electron chi connectivity index (χ1n) is 10.2. The molecule has 0 spiro atoms. The molecule has 0 amide bonds. The molecule has 0 aliphatic heterocycles. The molecule has 7 nitrogen and oxygen atoms in total. The number of hydrogen-bond acceptors (Lipinski definition) is 7. The molecule has 2 heterocycles. The topological polar surface area (TPSA) is 78.9 Å². The van der Waals surface area contributed by atoms with Crippen molar-refractivity contribution in [2.24, 2.45) is 5.92 Å². The largest absolute Gasteiger partial charge is 0.497 e. The van der Waals surface area contributed by atoms with Crippen LogP contribution in [0.1, 0.15) is 31.9 Å². The van der Waals surface area contributed by atoms with E-state index in [0.717, 1.165) is 34.4 Å². The molecule has 0 unspecified atom stereocenters. The van der Waals surface area contributed by atoms with Crippen LogP contribution in [0, 0.1) is 5.92 Å². The van der Waals surface area contributed by atoms with Crippen LogP contribution in [-0.2, 0) is 6.54 Å². The number of ether oxygens (including phenoxy) is 1. The van der Waals surface area contributed by atoms with Gasteiger partial charge in [0.05, 0.1) is 12.4 Å². The molecule has 0 N–H and O–H groups in total. The Morgan fingerprint density at radius 1 is 0.903 bits per heavy atom. The third-order valence-corrected chi connectivity index (χ3v) is 5.77. The third kappa shape index (κ3) is 4.80. The average Bonchev–Trinajstić information content (AvgIpc) is 3.42. The van der Waals surface area contributed by atoms with E-state index in [4.69, 9.17) is 9.15 Å². The summed E-state index contributed by atoms with van der Waals surface area (Å²) in [5, 5.41) is 18.2. The van der Waals surface area contributed by atoms with Crippen molar-refractivity contribution in [1.82, 2.24) is 25.0 Å². The quantitative estimate of drug-likeness (QED) is 0.337. The van der Waals surface area contributed by atoms with Gasteiger partial charge in [-0.1, -0.05) is 43.8 Å². The van der Waals surface area contributed by atoms with Crippen LogP contribution in [0.2, 0.25) is 0 Å². The molecule has 2 aromatic heterocycles. The normalized spacial score (nSPS) is 12.3. The van der Waals surface area contributed by atoms with Crippen molar-refractivity contribution in [3.63, 3.8) is 0 Å². The van der Waals surface area contributed by atoms with E-state index in [9.17, 15) is 0 Å². The molecule has 0 radical (unpaired) electrons.